The second-order valence-electron chi connectivity index (χ2n) is 6.06. The molecule has 0 aromatic heterocycles. The van der Waals surface area contributed by atoms with E-state index in [1.54, 1.807) is 0 Å². The molecule has 1 fully saturated rings. The van der Waals surface area contributed by atoms with Gasteiger partial charge in [0.1, 0.15) is 0 Å². The molecule has 1 aromatic rings. The average Bonchev–Trinajstić information content (AvgIpc) is 2.41. The van der Waals surface area contributed by atoms with Crippen LogP contribution < -0.4 is 5.32 Å². The monoisotopic (exact) mass is 339 g/mol. The molecule has 1 aromatic carbocycles. The van der Waals surface area contributed by atoms with E-state index in [1.807, 2.05) is 25.1 Å². The molecule has 2 unspecified atom stereocenters. The minimum Gasteiger partial charge on any atom is -0.394 e. The highest BCUT2D eigenvalue weighted by atomic mass is 79.9. The fourth-order valence-corrected chi connectivity index (χ4v) is 3.30. The van der Waals surface area contributed by atoms with Crippen LogP contribution in [0, 0.1) is 12.8 Å². The van der Waals surface area contributed by atoms with Crippen LogP contribution in [0.25, 0.3) is 0 Å². The molecular formula is C16H22BrNO2. The molecule has 1 aliphatic rings. The number of hydrogen-bond acceptors (Lipinski definition) is 2. The summed E-state index contributed by atoms with van der Waals surface area (Å²) in [6.07, 6.45) is 3.94. The van der Waals surface area contributed by atoms with E-state index in [2.05, 4.69) is 28.2 Å². The molecule has 110 valence electrons. The predicted octanol–water partition coefficient (Wildman–Crippen LogP) is 3.43. The fourth-order valence-electron chi connectivity index (χ4n) is 3.06. The Kier molecular flexibility index (Phi) is 4.86. The van der Waals surface area contributed by atoms with Gasteiger partial charge < -0.3 is 10.4 Å². The second-order valence-corrected chi connectivity index (χ2v) is 6.91. The maximum atomic E-state index is 12.4. The molecule has 0 spiro atoms. The smallest absolute Gasteiger partial charge is 0.251 e. The molecule has 3 nitrogen and oxygen atoms in total. The van der Waals surface area contributed by atoms with Gasteiger partial charge in [-0.25, -0.2) is 0 Å². The zero-order chi connectivity index (χ0) is 14.8. The van der Waals surface area contributed by atoms with Gasteiger partial charge >= 0.3 is 0 Å². The molecule has 1 amide bonds. The summed E-state index contributed by atoms with van der Waals surface area (Å²) in [7, 11) is 0. The van der Waals surface area contributed by atoms with Crippen LogP contribution >= 0.6 is 15.9 Å². The number of aliphatic hydroxyl groups excluding tert-OH is 1. The van der Waals surface area contributed by atoms with Crippen LogP contribution in [0.4, 0.5) is 0 Å². The van der Waals surface area contributed by atoms with E-state index in [4.69, 9.17) is 0 Å². The number of rotatable bonds is 3. The SMILES string of the molecule is Cc1cc(C(=O)NC2(CO)CCCC(C)C2)ccc1Br. The summed E-state index contributed by atoms with van der Waals surface area (Å²) in [5.74, 6) is 0.451. The van der Waals surface area contributed by atoms with Gasteiger partial charge in [-0.3, -0.25) is 4.79 Å². The summed E-state index contributed by atoms with van der Waals surface area (Å²) >= 11 is 3.44. The number of aliphatic hydroxyl groups is 1. The number of benzene rings is 1. The Morgan fingerprint density at radius 1 is 1.55 bits per heavy atom. The third-order valence-corrected chi connectivity index (χ3v) is 5.08. The summed E-state index contributed by atoms with van der Waals surface area (Å²) in [5.41, 5.74) is 1.24. The van der Waals surface area contributed by atoms with E-state index in [0.29, 0.717) is 11.5 Å². The van der Waals surface area contributed by atoms with Crippen LogP contribution in [-0.4, -0.2) is 23.2 Å². The Bertz CT molecular complexity index is 503. The van der Waals surface area contributed by atoms with Crippen molar-refractivity contribution in [2.75, 3.05) is 6.61 Å². The molecular weight excluding hydrogens is 318 g/mol. The standard InChI is InChI=1S/C16H22BrNO2/c1-11-4-3-7-16(9-11,10-19)18-15(20)13-5-6-14(17)12(2)8-13/h5-6,8,11,19H,3-4,7,9-10H2,1-2H3,(H,18,20). The lowest BCUT2D eigenvalue weighted by Gasteiger charge is -2.39. The maximum absolute atomic E-state index is 12.4. The van der Waals surface area contributed by atoms with Crippen molar-refractivity contribution >= 4 is 21.8 Å². The third-order valence-electron chi connectivity index (χ3n) is 4.19. The van der Waals surface area contributed by atoms with E-state index in [1.165, 1.54) is 6.42 Å². The first-order valence-corrected chi connectivity index (χ1v) is 7.94. The third kappa shape index (κ3) is 3.41. The maximum Gasteiger partial charge on any atom is 0.251 e. The van der Waals surface area contributed by atoms with E-state index < -0.39 is 5.54 Å². The number of nitrogens with one attached hydrogen (secondary N) is 1. The summed E-state index contributed by atoms with van der Waals surface area (Å²) < 4.78 is 0.997. The summed E-state index contributed by atoms with van der Waals surface area (Å²) in [5, 5.41) is 12.8. The quantitative estimate of drug-likeness (QED) is 0.886. The molecule has 0 radical (unpaired) electrons. The Balaban J connectivity index is 2.14. The van der Waals surface area contributed by atoms with Gasteiger partial charge in [0, 0.05) is 10.0 Å². The zero-order valence-corrected chi connectivity index (χ0v) is 13.7. The van der Waals surface area contributed by atoms with Crippen LogP contribution in [0.5, 0.6) is 0 Å². The summed E-state index contributed by atoms with van der Waals surface area (Å²) in [4.78, 5) is 12.4. The summed E-state index contributed by atoms with van der Waals surface area (Å²) in [6.45, 7) is 4.16. The molecule has 1 saturated carbocycles. The molecule has 2 atom stereocenters. The minimum atomic E-state index is -0.449. The van der Waals surface area contributed by atoms with Crippen LogP contribution in [0.3, 0.4) is 0 Å². The molecule has 0 bridgehead atoms. The van der Waals surface area contributed by atoms with Gasteiger partial charge in [0.05, 0.1) is 12.1 Å². The highest BCUT2D eigenvalue weighted by Crippen LogP contribution is 2.32. The highest BCUT2D eigenvalue weighted by molar-refractivity contribution is 9.10. The Morgan fingerprint density at radius 2 is 2.30 bits per heavy atom. The number of carbonyl (C=O) groups excluding carboxylic acids is 1. The highest BCUT2D eigenvalue weighted by Gasteiger charge is 2.35. The number of amides is 1. The Morgan fingerprint density at radius 3 is 2.90 bits per heavy atom. The van der Waals surface area contributed by atoms with Crippen molar-refractivity contribution in [3.63, 3.8) is 0 Å². The molecule has 1 aliphatic carbocycles. The van der Waals surface area contributed by atoms with Crippen molar-refractivity contribution in [2.24, 2.45) is 5.92 Å². The predicted molar refractivity (Wildman–Crippen MR) is 83.8 cm³/mol. The van der Waals surface area contributed by atoms with Gasteiger partial charge in [0.25, 0.3) is 5.91 Å². The van der Waals surface area contributed by atoms with Gasteiger partial charge in [0.15, 0.2) is 0 Å². The lowest BCUT2D eigenvalue weighted by Crippen LogP contribution is -2.53. The van der Waals surface area contributed by atoms with Crippen molar-refractivity contribution in [3.8, 4) is 0 Å². The van der Waals surface area contributed by atoms with Crippen molar-refractivity contribution in [1.82, 2.24) is 5.32 Å². The van der Waals surface area contributed by atoms with E-state index in [-0.39, 0.29) is 12.5 Å². The minimum absolute atomic E-state index is 0.0125. The van der Waals surface area contributed by atoms with Crippen LogP contribution in [0.2, 0.25) is 0 Å². The van der Waals surface area contributed by atoms with Gasteiger partial charge in [-0.1, -0.05) is 35.7 Å². The number of carbonyl (C=O) groups is 1. The van der Waals surface area contributed by atoms with Gasteiger partial charge in [-0.15, -0.1) is 0 Å². The van der Waals surface area contributed by atoms with Crippen LogP contribution in [0.15, 0.2) is 22.7 Å². The van der Waals surface area contributed by atoms with Crippen molar-refractivity contribution in [2.45, 2.75) is 45.1 Å². The molecule has 2 rings (SSSR count). The average molecular weight is 340 g/mol. The second kappa shape index (κ2) is 6.27. The van der Waals surface area contributed by atoms with Gasteiger partial charge in [-0.05, 0) is 49.4 Å². The fraction of sp³-hybridized carbons (Fsp3) is 0.562. The Hall–Kier alpha value is -0.870. The van der Waals surface area contributed by atoms with Crippen LogP contribution in [0.1, 0.15) is 48.5 Å². The zero-order valence-electron chi connectivity index (χ0n) is 12.1. The van der Waals surface area contributed by atoms with Crippen molar-refractivity contribution in [3.05, 3.63) is 33.8 Å². The first-order valence-electron chi connectivity index (χ1n) is 7.15. The van der Waals surface area contributed by atoms with Gasteiger partial charge in [0.2, 0.25) is 0 Å². The van der Waals surface area contributed by atoms with Crippen molar-refractivity contribution in [1.29, 1.82) is 0 Å². The molecule has 0 heterocycles. The number of aryl methyl sites for hydroxylation is 1. The number of hydrogen-bond donors (Lipinski definition) is 2. The van der Waals surface area contributed by atoms with Crippen molar-refractivity contribution < 1.29 is 9.90 Å². The first-order chi connectivity index (χ1) is 9.46. The van der Waals surface area contributed by atoms with E-state index in [0.717, 1.165) is 29.3 Å². The lowest BCUT2D eigenvalue weighted by molar-refractivity contribution is 0.0697. The molecule has 0 aliphatic heterocycles. The van der Waals surface area contributed by atoms with Gasteiger partial charge in [-0.2, -0.15) is 0 Å². The summed E-state index contributed by atoms with van der Waals surface area (Å²) in [6, 6.07) is 5.57. The molecule has 4 heteroatoms. The first kappa shape index (κ1) is 15.5. The van der Waals surface area contributed by atoms with E-state index >= 15 is 0 Å². The van der Waals surface area contributed by atoms with Crippen LogP contribution in [-0.2, 0) is 0 Å². The van der Waals surface area contributed by atoms with E-state index in [9.17, 15) is 9.90 Å². The molecule has 2 N–H and O–H groups in total. The largest absolute Gasteiger partial charge is 0.394 e. The molecule has 20 heavy (non-hydrogen) atoms. The molecule has 0 saturated heterocycles. The lowest BCUT2D eigenvalue weighted by atomic mass is 9.76. The normalized spacial score (nSPS) is 26.3. The Labute approximate surface area is 128 Å². The topological polar surface area (TPSA) is 49.3 Å². The number of halogens is 1.